The quantitative estimate of drug-likeness (QED) is 0.592. The normalized spacial score (nSPS) is 53.9. The zero-order valence-corrected chi connectivity index (χ0v) is 18.0. The van der Waals surface area contributed by atoms with Crippen molar-refractivity contribution in [2.75, 3.05) is 6.54 Å². The van der Waals surface area contributed by atoms with Crippen molar-refractivity contribution < 1.29 is 9.84 Å². The molecule has 158 valence electrons. The summed E-state index contributed by atoms with van der Waals surface area (Å²) in [6.07, 6.45) is 12.8. The minimum Gasteiger partial charge on any atom is -0.393 e. The highest BCUT2D eigenvalue weighted by atomic mass is 16.5. The van der Waals surface area contributed by atoms with Crippen LogP contribution in [0.4, 0.5) is 0 Å². The first-order valence-electron chi connectivity index (χ1n) is 12.0. The maximum atomic E-state index is 10.2. The Labute approximate surface area is 175 Å². The van der Waals surface area contributed by atoms with Crippen molar-refractivity contribution in [1.82, 2.24) is 5.32 Å². The highest BCUT2D eigenvalue weighted by Crippen LogP contribution is 2.65. The van der Waals surface area contributed by atoms with Crippen LogP contribution in [0.2, 0.25) is 0 Å². The predicted molar refractivity (Wildman–Crippen MR) is 115 cm³/mol. The molecule has 0 aromatic carbocycles. The molecule has 0 bridgehead atoms. The van der Waals surface area contributed by atoms with E-state index in [1.165, 1.54) is 30.4 Å². The van der Waals surface area contributed by atoms with Crippen LogP contribution in [0, 0.1) is 29.1 Å². The summed E-state index contributed by atoms with van der Waals surface area (Å²) in [6, 6.07) is 0.475. The molecule has 3 heteroatoms. The van der Waals surface area contributed by atoms with Gasteiger partial charge in [0.1, 0.15) is 0 Å². The number of aliphatic hydroxyl groups is 1. The molecule has 9 atom stereocenters. The molecule has 2 aliphatic heterocycles. The first kappa shape index (κ1) is 18.8. The Morgan fingerprint density at radius 2 is 2.03 bits per heavy atom. The topological polar surface area (TPSA) is 41.5 Å². The number of nitrogens with one attached hydrogen (secondary N) is 1. The molecule has 0 unspecified atom stereocenters. The van der Waals surface area contributed by atoms with E-state index in [1.54, 1.807) is 5.57 Å². The maximum absolute atomic E-state index is 10.2. The van der Waals surface area contributed by atoms with Gasteiger partial charge in [0.05, 0.1) is 17.8 Å². The van der Waals surface area contributed by atoms with Crippen molar-refractivity contribution >= 4 is 0 Å². The van der Waals surface area contributed by atoms with Crippen LogP contribution in [-0.4, -0.2) is 35.5 Å². The van der Waals surface area contributed by atoms with Crippen LogP contribution in [0.3, 0.4) is 0 Å². The van der Waals surface area contributed by atoms with E-state index in [0.717, 1.165) is 62.8 Å². The first-order chi connectivity index (χ1) is 13.9. The van der Waals surface area contributed by atoms with Crippen molar-refractivity contribution in [3.63, 3.8) is 0 Å². The van der Waals surface area contributed by atoms with E-state index in [4.69, 9.17) is 11.3 Å². The number of hydrogen-bond acceptors (Lipinski definition) is 3. The number of aliphatic hydroxyl groups excluding tert-OH is 1. The van der Waals surface area contributed by atoms with Gasteiger partial charge in [0.15, 0.2) is 0 Å². The van der Waals surface area contributed by atoms with E-state index in [0.29, 0.717) is 23.5 Å². The number of allylic oxidation sites excluding steroid dienone is 1. The molecule has 0 radical (unpaired) electrons. The summed E-state index contributed by atoms with van der Waals surface area (Å²) in [4.78, 5) is 0. The largest absolute Gasteiger partial charge is 0.393 e. The zero-order valence-electron chi connectivity index (χ0n) is 18.0. The summed E-state index contributed by atoms with van der Waals surface area (Å²) in [5.74, 6) is 2.98. The fourth-order valence-corrected chi connectivity index (χ4v) is 8.53. The summed E-state index contributed by atoms with van der Waals surface area (Å²) in [5.41, 5.74) is 4.46. The highest BCUT2D eigenvalue weighted by molar-refractivity contribution is 5.32. The van der Waals surface area contributed by atoms with Gasteiger partial charge in [0.2, 0.25) is 0 Å². The second-order valence-electron chi connectivity index (χ2n) is 11.4. The van der Waals surface area contributed by atoms with Crippen LogP contribution in [0.25, 0.3) is 0 Å². The third kappa shape index (κ3) is 2.60. The van der Waals surface area contributed by atoms with Crippen LogP contribution < -0.4 is 5.32 Å². The summed E-state index contributed by atoms with van der Waals surface area (Å²) >= 11 is 0. The Morgan fingerprint density at radius 3 is 2.90 bits per heavy atom. The molecule has 1 spiro atoms. The summed E-state index contributed by atoms with van der Waals surface area (Å²) in [7, 11) is 0. The van der Waals surface area contributed by atoms with Gasteiger partial charge >= 0.3 is 0 Å². The van der Waals surface area contributed by atoms with Crippen molar-refractivity contribution in [3.8, 4) is 0 Å². The number of ether oxygens (including phenoxy) is 1. The lowest BCUT2D eigenvalue weighted by Crippen LogP contribution is -2.43. The van der Waals surface area contributed by atoms with E-state index >= 15 is 0 Å². The molecule has 0 amide bonds. The lowest BCUT2D eigenvalue weighted by atomic mass is 9.56. The molecule has 2 saturated heterocycles. The molecule has 6 rings (SSSR count). The molecule has 5 fully saturated rings. The van der Waals surface area contributed by atoms with Crippen LogP contribution in [0.5, 0.6) is 0 Å². The zero-order chi connectivity index (χ0) is 20.0. The van der Waals surface area contributed by atoms with Gasteiger partial charge in [0, 0.05) is 12.6 Å². The smallest absolute Gasteiger partial charge is 0.0912 e. The van der Waals surface area contributed by atoms with Crippen molar-refractivity contribution in [3.05, 3.63) is 36.0 Å². The first-order valence-corrected chi connectivity index (χ1v) is 12.0. The molecular formula is C26H37NO2. The van der Waals surface area contributed by atoms with Crippen molar-refractivity contribution in [1.29, 1.82) is 0 Å². The third-order valence-electron chi connectivity index (χ3n) is 10.1. The predicted octanol–water partition coefficient (Wildman–Crippen LogP) is 4.53. The van der Waals surface area contributed by atoms with E-state index < -0.39 is 0 Å². The second-order valence-corrected chi connectivity index (χ2v) is 11.4. The molecule has 0 aromatic heterocycles. The average Bonchev–Trinajstić information content (AvgIpc) is 3.25. The average molecular weight is 396 g/mol. The van der Waals surface area contributed by atoms with E-state index in [2.05, 4.69) is 24.9 Å². The number of rotatable bonds is 0. The van der Waals surface area contributed by atoms with Crippen LogP contribution >= 0.6 is 0 Å². The molecule has 2 N–H and O–H groups in total. The van der Waals surface area contributed by atoms with Gasteiger partial charge < -0.3 is 15.2 Å². The van der Waals surface area contributed by atoms with Crippen LogP contribution in [-0.2, 0) is 4.74 Å². The minimum absolute atomic E-state index is 0.0957. The molecular weight excluding hydrogens is 358 g/mol. The van der Waals surface area contributed by atoms with Gasteiger partial charge in [-0.25, -0.2) is 0 Å². The van der Waals surface area contributed by atoms with E-state index in [9.17, 15) is 5.11 Å². The van der Waals surface area contributed by atoms with E-state index in [-0.39, 0.29) is 11.7 Å². The fourth-order valence-electron chi connectivity index (χ4n) is 8.53. The van der Waals surface area contributed by atoms with Gasteiger partial charge in [-0.3, -0.25) is 0 Å². The van der Waals surface area contributed by atoms with Crippen LogP contribution in [0.1, 0.15) is 64.7 Å². The SMILES string of the molecule is C=C1CN[C@H]2C[C@@]3(CC[C@H]4[C@@H]5CC=C6C[C@@H](O)CC[C@]6(C)[C@H]5C[C@H]4C3=C)O[C@@H]2C1. The Balaban J connectivity index is 1.26. The lowest BCUT2D eigenvalue weighted by molar-refractivity contribution is -0.0493. The van der Waals surface area contributed by atoms with E-state index in [1.807, 2.05) is 0 Å². The highest BCUT2D eigenvalue weighted by Gasteiger charge is 2.60. The molecule has 6 aliphatic rings. The molecule has 0 aromatic rings. The Hall–Kier alpha value is -0.900. The molecule has 29 heavy (non-hydrogen) atoms. The Bertz CT molecular complexity index is 786. The summed E-state index contributed by atoms with van der Waals surface area (Å²) in [5, 5.41) is 13.9. The minimum atomic E-state index is -0.120. The molecule has 3 nitrogen and oxygen atoms in total. The molecule has 2 heterocycles. The van der Waals surface area contributed by atoms with Gasteiger partial charge in [0.25, 0.3) is 0 Å². The number of fused-ring (bicyclic) bond motifs is 6. The Kier molecular flexibility index (Phi) is 4.10. The maximum Gasteiger partial charge on any atom is 0.0912 e. The fraction of sp³-hybridized carbons (Fsp3) is 0.769. The monoisotopic (exact) mass is 395 g/mol. The van der Waals surface area contributed by atoms with Gasteiger partial charge in [-0.1, -0.05) is 37.3 Å². The van der Waals surface area contributed by atoms with Crippen molar-refractivity contribution in [2.45, 2.75) is 88.6 Å². The standard InChI is InChI=1S/C26H37NO2/c1-15-10-24-23(27-14-15)13-26(29-24)9-7-19-20-5-4-17-11-18(28)6-8-25(17,3)22(20)12-21(19)16(26)2/h4,18-24,27-28H,1-2,5-14H2,3H3/t18-,19-,20-,21-,22-,23-,24+,25-,26+/m0/s1. The second kappa shape index (κ2) is 6.31. The Morgan fingerprint density at radius 1 is 1.17 bits per heavy atom. The van der Waals surface area contributed by atoms with Gasteiger partial charge in [-0.15, -0.1) is 0 Å². The molecule has 4 aliphatic carbocycles. The number of hydrogen-bond donors (Lipinski definition) is 2. The summed E-state index contributed by atoms with van der Waals surface area (Å²) in [6.45, 7) is 12.4. The summed E-state index contributed by atoms with van der Waals surface area (Å²) < 4.78 is 6.81. The van der Waals surface area contributed by atoms with Gasteiger partial charge in [-0.05, 0) is 92.4 Å². The van der Waals surface area contributed by atoms with Crippen molar-refractivity contribution in [2.24, 2.45) is 29.1 Å². The number of piperidine rings is 1. The van der Waals surface area contributed by atoms with Crippen LogP contribution in [0.15, 0.2) is 36.0 Å². The van der Waals surface area contributed by atoms with Gasteiger partial charge in [-0.2, -0.15) is 0 Å². The third-order valence-corrected chi connectivity index (χ3v) is 10.1. The lowest BCUT2D eigenvalue weighted by Gasteiger charge is -2.49. The molecule has 3 saturated carbocycles.